The third-order valence-electron chi connectivity index (χ3n) is 3.51. The maximum atomic E-state index is 13.1. The monoisotopic (exact) mass is 329 g/mol. The second-order valence-corrected chi connectivity index (χ2v) is 5.59. The van der Waals surface area contributed by atoms with E-state index >= 15 is 0 Å². The zero-order valence-electron chi connectivity index (χ0n) is 12.5. The molecule has 0 saturated carbocycles. The predicted octanol–water partition coefficient (Wildman–Crippen LogP) is 4.29. The fourth-order valence-corrected chi connectivity index (χ4v) is 2.33. The molecule has 0 fully saturated rings. The lowest BCUT2D eigenvalue weighted by Gasteiger charge is -2.07. The number of hydrogen-bond donors (Lipinski definition) is 1. The minimum Gasteiger partial charge on any atom is -0.322 e. The highest BCUT2D eigenvalue weighted by Crippen LogP contribution is 2.20. The highest BCUT2D eigenvalue weighted by Gasteiger charge is 2.10. The first-order valence-electron chi connectivity index (χ1n) is 6.95. The van der Waals surface area contributed by atoms with E-state index in [-0.39, 0.29) is 10.9 Å². The van der Waals surface area contributed by atoms with Crippen molar-refractivity contribution in [2.75, 3.05) is 5.32 Å². The molecular weight excluding hydrogens is 317 g/mol. The molecule has 1 heterocycles. The lowest BCUT2D eigenvalue weighted by atomic mass is 10.1. The maximum absolute atomic E-state index is 13.1. The number of amides is 1. The normalized spacial score (nSPS) is 10.8. The minimum absolute atomic E-state index is 0.0433. The molecular formula is C17H13ClFN3O. The van der Waals surface area contributed by atoms with Gasteiger partial charge in [0.2, 0.25) is 0 Å². The van der Waals surface area contributed by atoms with E-state index < -0.39 is 5.82 Å². The lowest BCUT2D eigenvalue weighted by Crippen LogP contribution is -2.12. The van der Waals surface area contributed by atoms with Crippen molar-refractivity contribution in [1.29, 1.82) is 0 Å². The molecule has 23 heavy (non-hydrogen) atoms. The van der Waals surface area contributed by atoms with Crippen LogP contribution in [0.25, 0.3) is 11.0 Å². The van der Waals surface area contributed by atoms with E-state index in [1.807, 2.05) is 13.8 Å². The summed E-state index contributed by atoms with van der Waals surface area (Å²) in [5, 5.41) is 2.64. The van der Waals surface area contributed by atoms with Gasteiger partial charge in [0.15, 0.2) is 0 Å². The van der Waals surface area contributed by atoms with E-state index in [4.69, 9.17) is 11.6 Å². The number of aromatic nitrogens is 2. The predicted molar refractivity (Wildman–Crippen MR) is 88.4 cm³/mol. The number of halogens is 2. The molecule has 1 N–H and O–H groups in total. The molecule has 0 aliphatic heterocycles. The number of benzene rings is 2. The van der Waals surface area contributed by atoms with Crippen molar-refractivity contribution in [2.45, 2.75) is 13.8 Å². The van der Waals surface area contributed by atoms with E-state index in [1.165, 1.54) is 18.2 Å². The van der Waals surface area contributed by atoms with E-state index in [2.05, 4.69) is 15.3 Å². The average Bonchev–Trinajstić information content (AvgIpc) is 2.51. The lowest BCUT2D eigenvalue weighted by molar-refractivity contribution is 0.102. The number of carbonyl (C=O) groups is 1. The standard InChI is InChI=1S/C17H13ClFN3O/c1-9-10(2)21-16-7-11(3-6-15(16)20-9)17(23)22-12-4-5-14(19)13(18)8-12/h3-8H,1-2H3,(H,22,23). The van der Waals surface area contributed by atoms with Crippen LogP contribution in [0.4, 0.5) is 10.1 Å². The quantitative estimate of drug-likeness (QED) is 0.763. The Morgan fingerprint density at radius 2 is 1.74 bits per heavy atom. The summed E-state index contributed by atoms with van der Waals surface area (Å²) in [6.45, 7) is 3.76. The Morgan fingerprint density at radius 1 is 1.04 bits per heavy atom. The van der Waals surface area contributed by atoms with Gasteiger partial charge in [-0.15, -0.1) is 0 Å². The van der Waals surface area contributed by atoms with Gasteiger partial charge in [-0.2, -0.15) is 0 Å². The number of carbonyl (C=O) groups excluding carboxylic acids is 1. The van der Waals surface area contributed by atoms with E-state index in [9.17, 15) is 9.18 Å². The SMILES string of the molecule is Cc1nc2ccc(C(=O)Nc3ccc(F)c(Cl)c3)cc2nc1C. The van der Waals surface area contributed by atoms with Crippen LogP contribution in [-0.2, 0) is 0 Å². The van der Waals surface area contributed by atoms with Gasteiger partial charge in [0.1, 0.15) is 5.82 Å². The van der Waals surface area contributed by atoms with Crippen LogP contribution in [0.15, 0.2) is 36.4 Å². The van der Waals surface area contributed by atoms with Crippen molar-refractivity contribution in [3.05, 3.63) is 64.2 Å². The Bertz CT molecular complexity index is 927. The van der Waals surface area contributed by atoms with Crippen molar-refractivity contribution in [3.63, 3.8) is 0 Å². The number of rotatable bonds is 2. The van der Waals surface area contributed by atoms with E-state index in [0.29, 0.717) is 16.8 Å². The van der Waals surface area contributed by atoms with Crippen molar-refractivity contribution in [3.8, 4) is 0 Å². The summed E-state index contributed by atoms with van der Waals surface area (Å²) in [4.78, 5) is 21.2. The Labute approximate surface area is 137 Å². The summed E-state index contributed by atoms with van der Waals surface area (Å²) in [6, 6.07) is 9.12. The second kappa shape index (κ2) is 5.93. The Kier molecular flexibility index (Phi) is 3.96. The molecule has 0 bridgehead atoms. The molecule has 3 rings (SSSR count). The first-order valence-corrected chi connectivity index (χ1v) is 7.33. The molecule has 2 aromatic carbocycles. The number of hydrogen-bond acceptors (Lipinski definition) is 3. The number of fused-ring (bicyclic) bond motifs is 1. The van der Waals surface area contributed by atoms with Gasteiger partial charge in [0.25, 0.3) is 5.91 Å². The van der Waals surface area contributed by atoms with E-state index in [0.717, 1.165) is 16.9 Å². The Balaban J connectivity index is 1.91. The van der Waals surface area contributed by atoms with Gasteiger partial charge in [-0.05, 0) is 50.2 Å². The summed E-state index contributed by atoms with van der Waals surface area (Å²) >= 11 is 5.71. The smallest absolute Gasteiger partial charge is 0.255 e. The van der Waals surface area contributed by atoms with Crippen molar-refractivity contribution >= 4 is 34.2 Å². The van der Waals surface area contributed by atoms with Crippen LogP contribution in [-0.4, -0.2) is 15.9 Å². The molecule has 0 aliphatic rings. The molecule has 1 aromatic heterocycles. The number of nitrogens with one attached hydrogen (secondary N) is 1. The first kappa shape index (κ1) is 15.4. The molecule has 1 amide bonds. The molecule has 0 aliphatic carbocycles. The minimum atomic E-state index is -0.531. The summed E-state index contributed by atoms with van der Waals surface area (Å²) in [7, 11) is 0. The topological polar surface area (TPSA) is 54.9 Å². The van der Waals surface area contributed by atoms with Gasteiger partial charge in [-0.25, -0.2) is 14.4 Å². The Hall–Kier alpha value is -2.53. The molecule has 0 spiro atoms. The van der Waals surface area contributed by atoms with Crippen LogP contribution < -0.4 is 5.32 Å². The third kappa shape index (κ3) is 3.14. The van der Waals surface area contributed by atoms with Crippen LogP contribution in [0, 0.1) is 19.7 Å². The van der Waals surface area contributed by atoms with Gasteiger partial charge < -0.3 is 5.32 Å². The molecule has 3 aromatic rings. The van der Waals surface area contributed by atoms with Gasteiger partial charge in [0, 0.05) is 11.3 Å². The van der Waals surface area contributed by atoms with Crippen LogP contribution in [0.3, 0.4) is 0 Å². The summed E-state index contributed by atoms with van der Waals surface area (Å²) in [5.74, 6) is -0.855. The summed E-state index contributed by atoms with van der Waals surface area (Å²) in [5.41, 5.74) is 3.92. The number of aryl methyl sites for hydroxylation is 2. The van der Waals surface area contributed by atoms with Crippen LogP contribution in [0.1, 0.15) is 21.7 Å². The number of anilines is 1. The molecule has 6 heteroatoms. The molecule has 116 valence electrons. The van der Waals surface area contributed by atoms with Crippen LogP contribution >= 0.6 is 11.6 Å². The van der Waals surface area contributed by atoms with Gasteiger partial charge in [-0.1, -0.05) is 11.6 Å². The van der Waals surface area contributed by atoms with Gasteiger partial charge in [-0.3, -0.25) is 4.79 Å². The van der Waals surface area contributed by atoms with Crippen molar-refractivity contribution < 1.29 is 9.18 Å². The summed E-state index contributed by atoms with van der Waals surface area (Å²) in [6.07, 6.45) is 0. The molecule has 4 nitrogen and oxygen atoms in total. The number of nitrogens with zero attached hydrogens (tertiary/aromatic N) is 2. The third-order valence-corrected chi connectivity index (χ3v) is 3.80. The fraction of sp³-hybridized carbons (Fsp3) is 0.118. The van der Waals surface area contributed by atoms with Crippen LogP contribution in [0.2, 0.25) is 5.02 Å². The highest BCUT2D eigenvalue weighted by atomic mass is 35.5. The van der Waals surface area contributed by atoms with Crippen molar-refractivity contribution in [2.24, 2.45) is 0 Å². The molecule has 0 saturated heterocycles. The fourth-order valence-electron chi connectivity index (χ4n) is 2.15. The van der Waals surface area contributed by atoms with Crippen LogP contribution in [0.5, 0.6) is 0 Å². The van der Waals surface area contributed by atoms with Crippen molar-refractivity contribution in [1.82, 2.24) is 9.97 Å². The first-order chi connectivity index (χ1) is 10.9. The zero-order valence-corrected chi connectivity index (χ0v) is 13.3. The van der Waals surface area contributed by atoms with E-state index in [1.54, 1.807) is 18.2 Å². The summed E-state index contributed by atoms with van der Waals surface area (Å²) < 4.78 is 13.1. The molecule has 0 atom stereocenters. The average molecular weight is 330 g/mol. The highest BCUT2D eigenvalue weighted by molar-refractivity contribution is 6.31. The van der Waals surface area contributed by atoms with Gasteiger partial charge >= 0.3 is 0 Å². The Morgan fingerprint density at radius 3 is 2.43 bits per heavy atom. The maximum Gasteiger partial charge on any atom is 0.255 e. The largest absolute Gasteiger partial charge is 0.322 e. The van der Waals surface area contributed by atoms with Gasteiger partial charge in [0.05, 0.1) is 27.4 Å². The second-order valence-electron chi connectivity index (χ2n) is 5.18. The zero-order chi connectivity index (χ0) is 16.6. The molecule has 0 radical (unpaired) electrons. The molecule has 0 unspecified atom stereocenters.